The topological polar surface area (TPSA) is 49.3 Å². The molecule has 1 rings (SSSR count). The van der Waals surface area contributed by atoms with Crippen LogP contribution in [0, 0.1) is 5.82 Å². The van der Waals surface area contributed by atoms with Crippen molar-refractivity contribution in [2.75, 3.05) is 6.54 Å². The van der Waals surface area contributed by atoms with Crippen LogP contribution in [0.2, 0.25) is 0 Å². The zero-order chi connectivity index (χ0) is 12.9. The molecule has 94 valence electrons. The second-order valence-corrected chi connectivity index (χ2v) is 4.72. The highest BCUT2D eigenvalue weighted by atomic mass is 19.1. The second kappa shape index (κ2) is 5.77. The van der Waals surface area contributed by atoms with Gasteiger partial charge in [-0.1, -0.05) is 12.1 Å². The fraction of sp³-hybridized carbons (Fsp3) is 0.462. The van der Waals surface area contributed by atoms with Crippen molar-refractivity contribution < 1.29 is 14.3 Å². The van der Waals surface area contributed by atoms with Gasteiger partial charge in [-0.05, 0) is 38.0 Å². The van der Waals surface area contributed by atoms with Crippen LogP contribution >= 0.6 is 0 Å². The molecule has 0 saturated carbocycles. The van der Waals surface area contributed by atoms with Crippen LogP contribution < -0.4 is 5.32 Å². The molecule has 0 unspecified atom stereocenters. The van der Waals surface area contributed by atoms with E-state index in [1.165, 1.54) is 12.1 Å². The Morgan fingerprint density at radius 3 is 2.47 bits per heavy atom. The zero-order valence-corrected chi connectivity index (χ0v) is 10.2. The molecule has 1 amide bonds. The van der Waals surface area contributed by atoms with Crippen LogP contribution in [0.5, 0.6) is 0 Å². The maximum absolute atomic E-state index is 12.6. The van der Waals surface area contributed by atoms with Crippen molar-refractivity contribution in [1.82, 2.24) is 5.32 Å². The normalized spacial score (nSPS) is 11.3. The molecule has 0 radical (unpaired) electrons. The Hall–Kier alpha value is -1.42. The van der Waals surface area contributed by atoms with Crippen molar-refractivity contribution in [1.29, 1.82) is 0 Å². The first-order valence-corrected chi connectivity index (χ1v) is 5.60. The van der Waals surface area contributed by atoms with Gasteiger partial charge >= 0.3 is 0 Å². The van der Waals surface area contributed by atoms with Crippen molar-refractivity contribution in [3.63, 3.8) is 0 Å². The van der Waals surface area contributed by atoms with Crippen LogP contribution in [0.25, 0.3) is 0 Å². The summed E-state index contributed by atoms with van der Waals surface area (Å²) in [6.45, 7) is 3.50. The minimum atomic E-state index is -0.897. The average molecular weight is 239 g/mol. The summed E-state index contributed by atoms with van der Waals surface area (Å²) in [4.78, 5) is 11.4. The number of aryl methyl sites for hydroxylation is 1. The monoisotopic (exact) mass is 239 g/mol. The SMILES string of the molecule is CC(C)(O)CNC(=O)CCc1ccc(F)cc1. The Morgan fingerprint density at radius 1 is 1.35 bits per heavy atom. The van der Waals surface area contributed by atoms with Crippen molar-refractivity contribution in [3.8, 4) is 0 Å². The predicted molar refractivity (Wildman–Crippen MR) is 64.0 cm³/mol. The molecule has 0 aliphatic heterocycles. The van der Waals surface area contributed by atoms with E-state index in [2.05, 4.69) is 5.32 Å². The zero-order valence-electron chi connectivity index (χ0n) is 10.2. The van der Waals surface area contributed by atoms with E-state index >= 15 is 0 Å². The van der Waals surface area contributed by atoms with Gasteiger partial charge in [-0.3, -0.25) is 4.79 Å². The highest BCUT2D eigenvalue weighted by Gasteiger charge is 2.13. The number of amides is 1. The average Bonchev–Trinajstić information content (AvgIpc) is 2.25. The van der Waals surface area contributed by atoms with Gasteiger partial charge in [-0.15, -0.1) is 0 Å². The number of carbonyl (C=O) groups is 1. The van der Waals surface area contributed by atoms with Crippen LogP contribution in [0.15, 0.2) is 24.3 Å². The summed E-state index contributed by atoms with van der Waals surface area (Å²) in [7, 11) is 0. The van der Waals surface area contributed by atoms with Gasteiger partial charge < -0.3 is 10.4 Å². The summed E-state index contributed by atoms with van der Waals surface area (Å²) in [5.41, 5.74) is 0.0238. The molecule has 0 atom stereocenters. The van der Waals surface area contributed by atoms with E-state index in [0.29, 0.717) is 12.8 Å². The van der Waals surface area contributed by atoms with Gasteiger partial charge in [0.25, 0.3) is 0 Å². The highest BCUT2D eigenvalue weighted by molar-refractivity contribution is 5.76. The number of hydrogen-bond donors (Lipinski definition) is 2. The maximum Gasteiger partial charge on any atom is 0.220 e. The summed E-state index contributed by atoms with van der Waals surface area (Å²) >= 11 is 0. The number of halogens is 1. The van der Waals surface area contributed by atoms with E-state index < -0.39 is 5.60 Å². The van der Waals surface area contributed by atoms with Crippen LogP contribution in [-0.2, 0) is 11.2 Å². The van der Waals surface area contributed by atoms with E-state index in [9.17, 15) is 14.3 Å². The molecule has 0 aliphatic carbocycles. The third-order valence-corrected chi connectivity index (χ3v) is 2.27. The first kappa shape index (κ1) is 13.6. The smallest absolute Gasteiger partial charge is 0.220 e. The maximum atomic E-state index is 12.6. The number of rotatable bonds is 5. The molecule has 1 aromatic carbocycles. The fourth-order valence-corrected chi connectivity index (χ4v) is 1.31. The second-order valence-electron chi connectivity index (χ2n) is 4.72. The molecule has 17 heavy (non-hydrogen) atoms. The Morgan fingerprint density at radius 2 is 1.94 bits per heavy atom. The predicted octanol–water partition coefficient (Wildman–Crippen LogP) is 1.65. The van der Waals surface area contributed by atoms with Crippen molar-refractivity contribution in [2.45, 2.75) is 32.3 Å². The van der Waals surface area contributed by atoms with E-state index in [1.54, 1.807) is 26.0 Å². The molecular weight excluding hydrogens is 221 g/mol. The molecule has 1 aromatic rings. The standard InChI is InChI=1S/C13H18FNO2/c1-13(2,17)9-15-12(16)8-5-10-3-6-11(14)7-4-10/h3-4,6-7,17H,5,8-9H2,1-2H3,(H,15,16). The molecule has 0 spiro atoms. The van der Waals surface area contributed by atoms with Gasteiger partial charge in [0.15, 0.2) is 0 Å². The third-order valence-electron chi connectivity index (χ3n) is 2.27. The van der Waals surface area contributed by atoms with Crippen LogP contribution in [0.3, 0.4) is 0 Å². The van der Waals surface area contributed by atoms with E-state index in [4.69, 9.17) is 0 Å². The number of nitrogens with one attached hydrogen (secondary N) is 1. The molecule has 0 aromatic heterocycles. The number of carbonyl (C=O) groups excluding carboxylic acids is 1. The van der Waals surface area contributed by atoms with Crippen molar-refractivity contribution in [2.24, 2.45) is 0 Å². The first-order valence-electron chi connectivity index (χ1n) is 5.60. The lowest BCUT2D eigenvalue weighted by atomic mass is 10.1. The molecular formula is C13H18FNO2. The first-order chi connectivity index (χ1) is 7.87. The molecule has 0 aliphatic rings. The summed E-state index contributed by atoms with van der Waals surface area (Å²) < 4.78 is 12.6. The minimum Gasteiger partial charge on any atom is -0.389 e. The van der Waals surface area contributed by atoms with Gasteiger partial charge in [0.1, 0.15) is 5.82 Å². The third kappa shape index (κ3) is 6.02. The lowest BCUT2D eigenvalue weighted by Gasteiger charge is -2.17. The molecule has 3 nitrogen and oxygen atoms in total. The molecule has 2 N–H and O–H groups in total. The Labute approximate surface area is 101 Å². The van der Waals surface area contributed by atoms with Crippen LogP contribution in [-0.4, -0.2) is 23.2 Å². The Balaban J connectivity index is 2.31. The fourth-order valence-electron chi connectivity index (χ4n) is 1.31. The lowest BCUT2D eigenvalue weighted by molar-refractivity contribution is -0.122. The lowest BCUT2D eigenvalue weighted by Crippen LogP contribution is -2.38. The van der Waals surface area contributed by atoms with Crippen molar-refractivity contribution >= 4 is 5.91 Å². The van der Waals surface area contributed by atoms with E-state index in [0.717, 1.165) is 5.56 Å². The largest absolute Gasteiger partial charge is 0.389 e. The molecule has 4 heteroatoms. The summed E-state index contributed by atoms with van der Waals surface area (Å²) in [6.07, 6.45) is 0.902. The summed E-state index contributed by atoms with van der Waals surface area (Å²) in [5.74, 6) is -0.392. The number of hydrogen-bond acceptors (Lipinski definition) is 2. The van der Waals surface area contributed by atoms with Crippen LogP contribution in [0.4, 0.5) is 4.39 Å². The minimum absolute atomic E-state index is 0.114. The number of benzene rings is 1. The van der Waals surface area contributed by atoms with Gasteiger partial charge in [-0.25, -0.2) is 4.39 Å². The van der Waals surface area contributed by atoms with Gasteiger partial charge in [-0.2, -0.15) is 0 Å². The van der Waals surface area contributed by atoms with E-state index in [1.807, 2.05) is 0 Å². The van der Waals surface area contributed by atoms with Crippen LogP contribution in [0.1, 0.15) is 25.8 Å². The van der Waals surface area contributed by atoms with Crippen molar-refractivity contribution in [3.05, 3.63) is 35.6 Å². The molecule has 0 fully saturated rings. The Bertz CT molecular complexity index is 368. The van der Waals surface area contributed by atoms with Gasteiger partial charge in [0.05, 0.1) is 5.60 Å². The molecule has 0 saturated heterocycles. The highest BCUT2D eigenvalue weighted by Crippen LogP contribution is 2.05. The molecule has 0 heterocycles. The molecule has 0 bridgehead atoms. The van der Waals surface area contributed by atoms with Gasteiger partial charge in [0.2, 0.25) is 5.91 Å². The van der Waals surface area contributed by atoms with E-state index in [-0.39, 0.29) is 18.3 Å². The quantitative estimate of drug-likeness (QED) is 0.820. The Kier molecular flexibility index (Phi) is 4.63. The van der Waals surface area contributed by atoms with Gasteiger partial charge in [0, 0.05) is 13.0 Å². The number of aliphatic hydroxyl groups is 1. The summed E-state index contributed by atoms with van der Waals surface area (Å²) in [5, 5.41) is 12.1. The summed E-state index contributed by atoms with van der Waals surface area (Å²) in [6, 6.07) is 6.09.